The van der Waals surface area contributed by atoms with Crippen LogP contribution in [0.1, 0.15) is 30.9 Å². The van der Waals surface area contributed by atoms with Crippen molar-refractivity contribution >= 4 is 5.97 Å². The molecule has 0 heterocycles. The fourth-order valence-electron chi connectivity index (χ4n) is 1.72. The van der Waals surface area contributed by atoms with Gasteiger partial charge in [0.05, 0.1) is 11.5 Å². The predicted octanol–water partition coefficient (Wildman–Crippen LogP) is 3.53. The topological polar surface area (TPSA) is 37.3 Å². The monoisotopic (exact) mass is 246 g/mol. The van der Waals surface area contributed by atoms with Crippen LogP contribution >= 0.6 is 0 Å². The van der Waals surface area contributed by atoms with Crippen LogP contribution in [0.15, 0.2) is 24.3 Å². The van der Waals surface area contributed by atoms with E-state index in [-0.39, 0.29) is 11.5 Å². The fraction of sp³-hybridized carbons (Fsp3) is 0.417. The van der Waals surface area contributed by atoms with E-state index in [4.69, 9.17) is 5.11 Å². The number of hydrogen-bond donors (Lipinski definition) is 1. The van der Waals surface area contributed by atoms with Crippen molar-refractivity contribution in [3.63, 3.8) is 0 Å². The minimum atomic E-state index is -4.45. The van der Waals surface area contributed by atoms with Gasteiger partial charge in [0.25, 0.3) is 0 Å². The zero-order valence-corrected chi connectivity index (χ0v) is 9.45. The normalized spacial score (nSPS) is 13.8. The molecule has 1 atom stereocenters. The maximum absolute atomic E-state index is 12.5. The lowest BCUT2D eigenvalue weighted by molar-refractivity contribution is -0.141. The Kier molecular flexibility index (Phi) is 3.80. The summed E-state index contributed by atoms with van der Waals surface area (Å²) in [7, 11) is 0. The maximum Gasteiger partial charge on any atom is 0.416 e. The molecule has 1 rings (SSSR count). The van der Waals surface area contributed by atoms with Crippen molar-refractivity contribution in [2.45, 2.75) is 25.9 Å². The van der Waals surface area contributed by atoms with Crippen LogP contribution in [0.2, 0.25) is 0 Å². The first-order valence-electron chi connectivity index (χ1n) is 5.13. The van der Waals surface area contributed by atoms with Crippen molar-refractivity contribution in [3.8, 4) is 0 Å². The van der Waals surface area contributed by atoms with Crippen LogP contribution in [0, 0.1) is 5.92 Å². The summed E-state index contributed by atoms with van der Waals surface area (Å²) in [5, 5.41) is 9.01. The van der Waals surface area contributed by atoms with Crippen LogP contribution in [0.3, 0.4) is 0 Å². The highest BCUT2D eigenvalue weighted by Crippen LogP contribution is 2.32. The van der Waals surface area contributed by atoms with E-state index in [1.54, 1.807) is 13.8 Å². The Morgan fingerprint density at radius 1 is 1.29 bits per heavy atom. The first kappa shape index (κ1) is 13.5. The van der Waals surface area contributed by atoms with Crippen LogP contribution in [0.4, 0.5) is 13.2 Å². The average molecular weight is 246 g/mol. The van der Waals surface area contributed by atoms with Gasteiger partial charge in [0.2, 0.25) is 0 Å². The highest BCUT2D eigenvalue weighted by molar-refractivity contribution is 5.76. The third kappa shape index (κ3) is 3.22. The van der Waals surface area contributed by atoms with Gasteiger partial charge in [0, 0.05) is 0 Å². The Hall–Kier alpha value is -1.52. The number of carbonyl (C=O) groups is 1. The quantitative estimate of drug-likeness (QED) is 0.885. The minimum absolute atomic E-state index is 0.183. The number of aliphatic carboxylic acids is 1. The standard InChI is InChI=1S/C12H13F3O2/c1-7(2)10(11(16)17)8-4-3-5-9(6-8)12(13,14)15/h3-7,10H,1-2H3,(H,16,17)/t10-/m1/s1. The molecule has 0 fully saturated rings. The summed E-state index contributed by atoms with van der Waals surface area (Å²) in [6.45, 7) is 3.33. The van der Waals surface area contributed by atoms with Crippen LogP contribution in [0.25, 0.3) is 0 Å². The molecule has 0 aliphatic carbocycles. The molecule has 17 heavy (non-hydrogen) atoms. The van der Waals surface area contributed by atoms with Gasteiger partial charge in [-0.2, -0.15) is 13.2 Å². The zero-order valence-electron chi connectivity index (χ0n) is 9.45. The van der Waals surface area contributed by atoms with E-state index in [1.165, 1.54) is 12.1 Å². The lowest BCUT2D eigenvalue weighted by atomic mass is 9.88. The van der Waals surface area contributed by atoms with Gasteiger partial charge in [-0.25, -0.2) is 0 Å². The van der Waals surface area contributed by atoms with E-state index in [0.29, 0.717) is 0 Å². The summed E-state index contributed by atoms with van der Waals surface area (Å²) in [5.41, 5.74) is -0.635. The zero-order chi connectivity index (χ0) is 13.2. The molecule has 2 nitrogen and oxygen atoms in total. The molecule has 1 N–H and O–H groups in total. The van der Waals surface area contributed by atoms with E-state index >= 15 is 0 Å². The summed E-state index contributed by atoms with van der Waals surface area (Å²) in [4.78, 5) is 11.0. The Bertz CT molecular complexity index is 410. The van der Waals surface area contributed by atoms with Gasteiger partial charge < -0.3 is 5.11 Å². The lowest BCUT2D eigenvalue weighted by Crippen LogP contribution is -2.18. The molecule has 0 aromatic heterocycles. The second-order valence-corrected chi connectivity index (χ2v) is 4.18. The molecule has 0 saturated carbocycles. The molecule has 5 heteroatoms. The van der Waals surface area contributed by atoms with Crippen LogP contribution in [0.5, 0.6) is 0 Å². The number of hydrogen-bond acceptors (Lipinski definition) is 1. The Labute approximate surface area is 97.1 Å². The van der Waals surface area contributed by atoms with E-state index < -0.39 is 23.6 Å². The number of rotatable bonds is 3. The van der Waals surface area contributed by atoms with Crippen LogP contribution in [-0.2, 0) is 11.0 Å². The summed E-state index contributed by atoms with van der Waals surface area (Å²) in [6, 6.07) is 4.48. The first-order valence-corrected chi connectivity index (χ1v) is 5.13. The van der Waals surface area contributed by atoms with E-state index in [9.17, 15) is 18.0 Å². The summed E-state index contributed by atoms with van der Waals surface area (Å²) in [6.07, 6.45) is -4.45. The van der Waals surface area contributed by atoms with Crippen molar-refractivity contribution < 1.29 is 23.1 Å². The molecular formula is C12H13F3O2. The maximum atomic E-state index is 12.5. The van der Waals surface area contributed by atoms with Gasteiger partial charge in [0.1, 0.15) is 0 Å². The molecular weight excluding hydrogens is 233 g/mol. The molecule has 0 radical (unpaired) electrons. The molecule has 0 amide bonds. The van der Waals surface area contributed by atoms with Crippen molar-refractivity contribution in [2.24, 2.45) is 5.92 Å². The summed E-state index contributed by atoms with van der Waals surface area (Å²) in [5.74, 6) is -2.30. The van der Waals surface area contributed by atoms with E-state index in [0.717, 1.165) is 12.1 Å². The molecule has 0 aliphatic heterocycles. The molecule has 94 valence electrons. The molecule has 0 saturated heterocycles. The predicted molar refractivity (Wildman–Crippen MR) is 56.7 cm³/mol. The summed E-state index contributed by atoms with van der Waals surface area (Å²) >= 11 is 0. The lowest BCUT2D eigenvalue weighted by Gasteiger charge is -2.18. The molecule has 0 spiro atoms. The SMILES string of the molecule is CC(C)[C@@H](C(=O)O)c1cccc(C(F)(F)F)c1. The Morgan fingerprint density at radius 2 is 1.88 bits per heavy atom. The largest absolute Gasteiger partial charge is 0.481 e. The van der Waals surface area contributed by atoms with Gasteiger partial charge in [-0.3, -0.25) is 4.79 Å². The number of halogens is 3. The number of carboxylic acids is 1. The Balaban J connectivity index is 3.18. The number of benzene rings is 1. The van der Waals surface area contributed by atoms with Gasteiger partial charge in [-0.1, -0.05) is 32.0 Å². The van der Waals surface area contributed by atoms with Crippen molar-refractivity contribution in [1.29, 1.82) is 0 Å². The molecule has 0 unspecified atom stereocenters. The second-order valence-electron chi connectivity index (χ2n) is 4.18. The third-order valence-corrected chi connectivity index (χ3v) is 2.51. The highest BCUT2D eigenvalue weighted by atomic mass is 19.4. The van der Waals surface area contributed by atoms with Crippen LogP contribution in [-0.4, -0.2) is 11.1 Å². The van der Waals surface area contributed by atoms with Gasteiger partial charge >= 0.3 is 12.1 Å². The van der Waals surface area contributed by atoms with Crippen molar-refractivity contribution in [3.05, 3.63) is 35.4 Å². The van der Waals surface area contributed by atoms with Crippen LogP contribution < -0.4 is 0 Å². The van der Waals surface area contributed by atoms with Crippen molar-refractivity contribution in [2.75, 3.05) is 0 Å². The van der Waals surface area contributed by atoms with Gasteiger partial charge in [0.15, 0.2) is 0 Å². The van der Waals surface area contributed by atoms with Gasteiger partial charge in [-0.05, 0) is 17.5 Å². The average Bonchev–Trinajstić information content (AvgIpc) is 2.15. The molecule has 1 aromatic rings. The van der Waals surface area contributed by atoms with Gasteiger partial charge in [-0.15, -0.1) is 0 Å². The number of carboxylic acid groups (broad SMARTS) is 1. The molecule has 0 aliphatic rings. The van der Waals surface area contributed by atoms with E-state index in [1.807, 2.05) is 0 Å². The second kappa shape index (κ2) is 4.77. The van der Waals surface area contributed by atoms with E-state index in [2.05, 4.69) is 0 Å². The van der Waals surface area contributed by atoms with Crippen molar-refractivity contribution in [1.82, 2.24) is 0 Å². The smallest absolute Gasteiger partial charge is 0.416 e. The minimum Gasteiger partial charge on any atom is -0.481 e. The molecule has 1 aromatic carbocycles. The fourth-order valence-corrected chi connectivity index (χ4v) is 1.72. The number of alkyl halides is 3. The highest BCUT2D eigenvalue weighted by Gasteiger charge is 2.32. The Morgan fingerprint density at radius 3 is 2.29 bits per heavy atom. The third-order valence-electron chi connectivity index (χ3n) is 2.51. The molecule has 0 bridgehead atoms. The summed E-state index contributed by atoms with van der Waals surface area (Å²) < 4.78 is 37.5. The first-order chi connectivity index (χ1) is 7.73.